The number of nitrogens with one attached hydrogen (secondary N) is 1. The highest BCUT2D eigenvalue weighted by molar-refractivity contribution is 9.10. The fraction of sp³-hybridized carbons (Fsp3) is 0.0526. The number of hydrogen-bond donors (Lipinski definition) is 1. The van der Waals surface area contributed by atoms with Crippen LogP contribution in [0.3, 0.4) is 0 Å². The molecule has 0 saturated heterocycles. The molecule has 0 unspecified atom stereocenters. The summed E-state index contributed by atoms with van der Waals surface area (Å²) < 4.78 is 43.2. The van der Waals surface area contributed by atoms with Gasteiger partial charge >= 0.3 is 6.18 Å². The third kappa shape index (κ3) is 4.43. The second kappa shape index (κ2) is 8.21. The third-order valence-corrected chi connectivity index (χ3v) is 5.49. The summed E-state index contributed by atoms with van der Waals surface area (Å²) >= 11 is 12.7. The second-order valence-electron chi connectivity index (χ2n) is 6.25. The minimum absolute atomic E-state index is 0.0376. The van der Waals surface area contributed by atoms with Crippen molar-refractivity contribution in [2.75, 3.05) is 5.32 Å². The fourth-order valence-corrected chi connectivity index (χ4v) is 3.48. The number of pyridine rings is 1. The van der Waals surface area contributed by atoms with E-state index >= 15 is 0 Å². The molecule has 158 valence electrons. The Morgan fingerprint density at radius 2 is 1.74 bits per heavy atom. The van der Waals surface area contributed by atoms with Crippen LogP contribution in [0, 0.1) is 0 Å². The lowest BCUT2D eigenvalue weighted by atomic mass is 10.1. The first-order chi connectivity index (χ1) is 14.6. The summed E-state index contributed by atoms with van der Waals surface area (Å²) in [7, 11) is 0. The lowest BCUT2D eigenvalue weighted by molar-refractivity contribution is -0.142. The lowest BCUT2D eigenvalue weighted by Gasteiger charge is -2.11. The average Bonchev–Trinajstić information content (AvgIpc) is 3.05. The smallest absolute Gasteiger partial charge is 0.305 e. The maximum Gasteiger partial charge on any atom is 0.433 e. The van der Waals surface area contributed by atoms with E-state index in [1.807, 2.05) is 0 Å². The molecule has 0 saturated carbocycles. The van der Waals surface area contributed by atoms with Crippen molar-refractivity contribution in [1.29, 1.82) is 0 Å². The number of hydrogen-bond acceptors (Lipinski definition) is 4. The molecule has 4 rings (SSSR count). The van der Waals surface area contributed by atoms with E-state index in [4.69, 9.17) is 11.6 Å². The summed E-state index contributed by atoms with van der Waals surface area (Å²) in [6.45, 7) is 0. The molecular formula is C19H9Br2ClF3N5O. The van der Waals surface area contributed by atoms with Crippen LogP contribution in [-0.2, 0) is 6.18 Å². The minimum atomic E-state index is -4.76. The zero-order chi connectivity index (χ0) is 22.3. The number of carbonyl (C=O) groups is 1. The van der Waals surface area contributed by atoms with Crippen LogP contribution in [0.1, 0.15) is 16.2 Å². The van der Waals surface area contributed by atoms with Gasteiger partial charge in [-0.05, 0) is 46.3 Å². The number of benzene rings is 1. The Hall–Kier alpha value is -2.50. The number of rotatable bonds is 3. The van der Waals surface area contributed by atoms with Crippen molar-refractivity contribution in [3.05, 3.63) is 74.0 Å². The van der Waals surface area contributed by atoms with Gasteiger partial charge in [-0.2, -0.15) is 18.3 Å². The quantitative estimate of drug-likeness (QED) is 0.314. The number of anilines is 1. The van der Waals surface area contributed by atoms with Gasteiger partial charge in [0.25, 0.3) is 5.91 Å². The Bertz CT molecular complexity index is 1290. The molecule has 4 aromatic rings. The van der Waals surface area contributed by atoms with Crippen molar-refractivity contribution in [1.82, 2.24) is 19.6 Å². The summed E-state index contributed by atoms with van der Waals surface area (Å²) in [5.41, 5.74) is -1.33. The predicted octanol–water partition coefficient (Wildman–Crippen LogP) is 6.24. The zero-order valence-corrected chi connectivity index (χ0v) is 19.0. The van der Waals surface area contributed by atoms with Crippen molar-refractivity contribution in [2.45, 2.75) is 6.18 Å². The average molecular weight is 576 g/mol. The normalized spacial score (nSPS) is 11.7. The first-order valence-corrected chi connectivity index (χ1v) is 10.4. The van der Waals surface area contributed by atoms with Gasteiger partial charge in [-0.3, -0.25) is 4.79 Å². The Morgan fingerprint density at radius 3 is 2.35 bits per heavy atom. The molecule has 0 aliphatic heterocycles. The first kappa shape index (κ1) is 21.7. The molecule has 1 N–H and O–H groups in total. The topological polar surface area (TPSA) is 72.2 Å². The van der Waals surface area contributed by atoms with Gasteiger partial charge in [0, 0.05) is 20.7 Å². The number of halogens is 6. The monoisotopic (exact) mass is 573 g/mol. The molecule has 3 heterocycles. The predicted molar refractivity (Wildman–Crippen MR) is 116 cm³/mol. The van der Waals surface area contributed by atoms with Crippen LogP contribution in [-0.4, -0.2) is 25.5 Å². The van der Waals surface area contributed by atoms with Gasteiger partial charge in [0.05, 0.1) is 5.69 Å². The van der Waals surface area contributed by atoms with E-state index < -0.39 is 23.5 Å². The minimum Gasteiger partial charge on any atom is -0.305 e. The Balaban J connectivity index is 1.83. The highest BCUT2D eigenvalue weighted by Gasteiger charge is 2.36. The summed E-state index contributed by atoms with van der Waals surface area (Å²) in [6, 6.07) is 10.6. The molecular weight excluding hydrogens is 566 g/mol. The van der Waals surface area contributed by atoms with Gasteiger partial charge in [-0.1, -0.05) is 39.7 Å². The molecule has 0 spiro atoms. The maximum absolute atomic E-state index is 13.8. The van der Waals surface area contributed by atoms with Crippen molar-refractivity contribution in [3.63, 3.8) is 0 Å². The van der Waals surface area contributed by atoms with Crippen LogP contribution >= 0.6 is 43.5 Å². The maximum atomic E-state index is 13.8. The number of alkyl halides is 3. The van der Waals surface area contributed by atoms with E-state index in [1.165, 1.54) is 12.3 Å². The van der Waals surface area contributed by atoms with Gasteiger partial charge in [0.2, 0.25) is 0 Å². The second-order valence-corrected chi connectivity index (χ2v) is 8.45. The standard InChI is InChI=1S/C19H9Br2ClF3N5O/c20-10-3-1-9(2-4-10)12-7-13(19(23,24)25)30-17(27-12)15(22)16(29-30)18(31)28-14-6-5-11(21)8-26-14/h1-8H,(H,26,28,31). The van der Waals surface area contributed by atoms with Crippen LogP contribution in [0.15, 0.2) is 57.6 Å². The van der Waals surface area contributed by atoms with Crippen LogP contribution in [0.4, 0.5) is 19.0 Å². The van der Waals surface area contributed by atoms with Crippen molar-refractivity contribution >= 4 is 60.8 Å². The molecule has 0 atom stereocenters. The number of amides is 1. The van der Waals surface area contributed by atoms with Gasteiger partial charge in [-0.25, -0.2) is 14.5 Å². The Labute approximate surface area is 194 Å². The van der Waals surface area contributed by atoms with E-state index in [0.717, 1.165) is 10.5 Å². The molecule has 31 heavy (non-hydrogen) atoms. The summed E-state index contributed by atoms with van der Waals surface area (Å²) in [6.07, 6.45) is -3.31. The molecule has 1 aromatic carbocycles. The van der Waals surface area contributed by atoms with E-state index in [0.29, 0.717) is 14.6 Å². The van der Waals surface area contributed by atoms with Crippen LogP contribution in [0.25, 0.3) is 16.9 Å². The zero-order valence-electron chi connectivity index (χ0n) is 15.1. The number of nitrogens with zero attached hydrogens (tertiary/aromatic N) is 4. The number of aromatic nitrogens is 4. The molecule has 1 amide bonds. The Morgan fingerprint density at radius 1 is 1.06 bits per heavy atom. The molecule has 0 aliphatic carbocycles. The van der Waals surface area contributed by atoms with Crippen LogP contribution in [0.5, 0.6) is 0 Å². The summed E-state index contributed by atoms with van der Waals surface area (Å²) in [4.78, 5) is 20.8. The SMILES string of the molecule is O=C(Nc1ccc(Br)cn1)c1nn2c(C(F)(F)F)cc(-c3ccc(Br)cc3)nc2c1Cl. The van der Waals surface area contributed by atoms with Crippen LogP contribution in [0.2, 0.25) is 5.02 Å². The van der Waals surface area contributed by atoms with Crippen LogP contribution < -0.4 is 5.32 Å². The van der Waals surface area contributed by atoms with Crippen molar-refractivity contribution in [3.8, 4) is 11.3 Å². The van der Waals surface area contributed by atoms with Gasteiger partial charge in [0.1, 0.15) is 10.8 Å². The van der Waals surface area contributed by atoms with Gasteiger partial charge in [0.15, 0.2) is 17.0 Å². The number of carbonyl (C=O) groups excluding carboxylic acids is 1. The highest BCUT2D eigenvalue weighted by atomic mass is 79.9. The highest BCUT2D eigenvalue weighted by Crippen LogP contribution is 2.35. The van der Waals surface area contributed by atoms with Crippen molar-refractivity contribution in [2.24, 2.45) is 0 Å². The van der Waals surface area contributed by atoms with E-state index in [-0.39, 0.29) is 22.2 Å². The molecule has 0 aliphatic rings. The summed E-state index contributed by atoms with van der Waals surface area (Å²) in [5, 5.41) is 5.93. The first-order valence-electron chi connectivity index (χ1n) is 8.49. The van der Waals surface area contributed by atoms with Gasteiger partial charge < -0.3 is 5.32 Å². The Kier molecular flexibility index (Phi) is 5.75. The van der Waals surface area contributed by atoms with Crippen molar-refractivity contribution < 1.29 is 18.0 Å². The molecule has 3 aromatic heterocycles. The van der Waals surface area contributed by atoms with Gasteiger partial charge in [-0.15, -0.1) is 0 Å². The number of fused-ring (bicyclic) bond motifs is 1. The molecule has 12 heteroatoms. The molecule has 6 nitrogen and oxygen atoms in total. The lowest BCUT2D eigenvalue weighted by Crippen LogP contribution is -2.16. The largest absolute Gasteiger partial charge is 0.433 e. The molecule has 0 radical (unpaired) electrons. The molecule has 0 fully saturated rings. The van der Waals surface area contributed by atoms with E-state index in [9.17, 15) is 18.0 Å². The molecule has 0 bridgehead atoms. The van der Waals surface area contributed by atoms with E-state index in [2.05, 4.69) is 52.2 Å². The third-order valence-electron chi connectivity index (χ3n) is 4.15. The fourth-order valence-electron chi connectivity index (χ4n) is 2.73. The van der Waals surface area contributed by atoms with E-state index in [1.54, 1.807) is 30.3 Å². The summed E-state index contributed by atoms with van der Waals surface area (Å²) in [5.74, 6) is -0.635.